The van der Waals surface area contributed by atoms with Crippen molar-refractivity contribution >= 4 is 23.7 Å². The number of nitro benzene ring substituents is 1. The van der Waals surface area contributed by atoms with Gasteiger partial charge >= 0.3 is 0 Å². The molecule has 0 aromatic heterocycles. The molecule has 0 radical (unpaired) electrons. The van der Waals surface area contributed by atoms with Gasteiger partial charge < -0.3 is 0 Å². The molecule has 1 heterocycles. The first-order chi connectivity index (χ1) is 10.6. The zero-order chi connectivity index (χ0) is 15.7. The fourth-order valence-corrected chi connectivity index (χ4v) is 2.12. The third-order valence-corrected chi connectivity index (χ3v) is 3.18. The Bertz CT molecular complexity index is 794. The highest BCUT2D eigenvalue weighted by molar-refractivity contribution is 6.21. The lowest BCUT2D eigenvalue weighted by Gasteiger charge is -2.05. The molecule has 1 aliphatic heterocycles. The van der Waals surface area contributed by atoms with Crippen molar-refractivity contribution < 1.29 is 14.5 Å². The smallest absolute Gasteiger partial charge is 0.267 e. The molecule has 0 fully saturated rings. The summed E-state index contributed by atoms with van der Waals surface area (Å²) < 4.78 is 0. The molecule has 108 valence electrons. The third-order valence-electron chi connectivity index (χ3n) is 3.18. The highest BCUT2D eigenvalue weighted by atomic mass is 16.6. The van der Waals surface area contributed by atoms with E-state index < -0.39 is 16.7 Å². The van der Waals surface area contributed by atoms with Gasteiger partial charge in [-0.05, 0) is 12.1 Å². The molecule has 2 aromatic carbocycles. The molecule has 0 unspecified atom stereocenters. The minimum absolute atomic E-state index is 0.0914. The van der Waals surface area contributed by atoms with Crippen LogP contribution in [0.5, 0.6) is 0 Å². The maximum Gasteiger partial charge on any atom is 0.282 e. The Kier molecular flexibility index (Phi) is 3.23. The number of benzene rings is 2. The maximum atomic E-state index is 12.1. The summed E-state index contributed by atoms with van der Waals surface area (Å²) in [5, 5.41) is 15.3. The summed E-state index contributed by atoms with van der Waals surface area (Å²) >= 11 is 0. The molecule has 7 heteroatoms. The average Bonchev–Trinajstić information content (AvgIpc) is 2.78. The fraction of sp³-hybridized carbons (Fsp3) is 0. The zero-order valence-corrected chi connectivity index (χ0v) is 11.2. The summed E-state index contributed by atoms with van der Waals surface area (Å²) in [5.41, 5.74) is 0.921. The predicted molar refractivity (Wildman–Crippen MR) is 77.6 cm³/mol. The Balaban J connectivity index is 1.88. The number of imide groups is 1. The van der Waals surface area contributed by atoms with Crippen LogP contribution in [0.2, 0.25) is 0 Å². The minimum Gasteiger partial charge on any atom is -0.267 e. The first kappa shape index (κ1) is 13.6. The van der Waals surface area contributed by atoms with Crippen molar-refractivity contribution in [2.45, 2.75) is 0 Å². The third kappa shape index (κ3) is 2.24. The number of carbonyl (C=O) groups excluding carboxylic acids is 2. The number of hydrazone groups is 1. The second-order valence-corrected chi connectivity index (χ2v) is 4.56. The Morgan fingerprint density at radius 2 is 1.64 bits per heavy atom. The Hall–Kier alpha value is -3.35. The zero-order valence-electron chi connectivity index (χ0n) is 11.2. The summed E-state index contributed by atoms with van der Waals surface area (Å²) in [7, 11) is 0. The number of carbonyl (C=O) groups is 2. The number of amides is 2. The van der Waals surface area contributed by atoms with E-state index in [0.29, 0.717) is 16.7 Å². The molecule has 0 atom stereocenters. The molecule has 0 spiro atoms. The standard InChI is InChI=1S/C15H9N3O4/c19-14-12-6-1-2-7-13(12)15(20)17(14)16-9-10-4-3-5-11(8-10)18(21)22/h1-9H/b16-9+. The van der Waals surface area contributed by atoms with E-state index in [-0.39, 0.29) is 5.69 Å². The van der Waals surface area contributed by atoms with E-state index in [9.17, 15) is 19.7 Å². The molecule has 2 aromatic rings. The Morgan fingerprint density at radius 3 is 2.23 bits per heavy atom. The molecule has 3 rings (SSSR count). The van der Waals surface area contributed by atoms with Gasteiger partial charge in [0.25, 0.3) is 17.5 Å². The number of fused-ring (bicyclic) bond motifs is 1. The molecule has 0 saturated heterocycles. The number of hydrogen-bond donors (Lipinski definition) is 0. The SMILES string of the molecule is O=C1c2ccccc2C(=O)N1/N=C/c1cccc([N+](=O)[O-])c1. The summed E-state index contributed by atoms with van der Waals surface area (Å²) in [6.45, 7) is 0. The van der Waals surface area contributed by atoms with Crippen molar-refractivity contribution in [1.82, 2.24) is 5.01 Å². The second kappa shape index (κ2) is 5.21. The van der Waals surface area contributed by atoms with E-state index in [1.807, 2.05) is 0 Å². The topological polar surface area (TPSA) is 92.9 Å². The molecule has 22 heavy (non-hydrogen) atoms. The number of nitrogens with zero attached hydrogens (tertiary/aromatic N) is 3. The highest BCUT2D eigenvalue weighted by Gasteiger charge is 2.35. The van der Waals surface area contributed by atoms with Crippen LogP contribution in [0.4, 0.5) is 5.69 Å². The van der Waals surface area contributed by atoms with Crippen LogP contribution in [-0.4, -0.2) is 28.0 Å². The predicted octanol–water partition coefficient (Wildman–Crippen LogP) is 2.22. The van der Waals surface area contributed by atoms with Crippen molar-refractivity contribution in [2.75, 3.05) is 0 Å². The van der Waals surface area contributed by atoms with Gasteiger partial charge in [-0.2, -0.15) is 10.1 Å². The maximum absolute atomic E-state index is 12.1. The first-order valence-electron chi connectivity index (χ1n) is 6.34. The largest absolute Gasteiger partial charge is 0.282 e. The minimum atomic E-state index is -0.528. The van der Waals surface area contributed by atoms with E-state index >= 15 is 0 Å². The van der Waals surface area contributed by atoms with Gasteiger partial charge in [0, 0.05) is 17.7 Å². The molecular weight excluding hydrogens is 286 g/mol. The van der Waals surface area contributed by atoms with Crippen LogP contribution in [0.25, 0.3) is 0 Å². The molecule has 7 nitrogen and oxygen atoms in total. The molecule has 1 aliphatic rings. The van der Waals surface area contributed by atoms with Crippen LogP contribution in [-0.2, 0) is 0 Å². The van der Waals surface area contributed by atoms with Gasteiger partial charge in [0.05, 0.1) is 22.3 Å². The average molecular weight is 295 g/mol. The van der Waals surface area contributed by atoms with Crippen molar-refractivity contribution in [3.05, 3.63) is 75.3 Å². The highest BCUT2D eigenvalue weighted by Crippen LogP contribution is 2.22. The van der Waals surface area contributed by atoms with Crippen LogP contribution >= 0.6 is 0 Å². The van der Waals surface area contributed by atoms with E-state index in [4.69, 9.17) is 0 Å². The Morgan fingerprint density at radius 1 is 1.00 bits per heavy atom. The van der Waals surface area contributed by atoms with Crippen LogP contribution in [0.3, 0.4) is 0 Å². The monoisotopic (exact) mass is 295 g/mol. The van der Waals surface area contributed by atoms with Gasteiger partial charge in [-0.1, -0.05) is 24.3 Å². The number of hydrogen-bond acceptors (Lipinski definition) is 5. The first-order valence-corrected chi connectivity index (χ1v) is 6.34. The molecule has 0 saturated carbocycles. The summed E-state index contributed by atoms with van der Waals surface area (Å²) in [5.74, 6) is -1.02. The van der Waals surface area contributed by atoms with E-state index in [2.05, 4.69) is 5.10 Å². The van der Waals surface area contributed by atoms with Gasteiger partial charge in [0.1, 0.15) is 0 Å². The number of non-ortho nitro benzene ring substituents is 1. The number of rotatable bonds is 3. The van der Waals surface area contributed by atoms with Crippen LogP contribution in [0.1, 0.15) is 26.3 Å². The molecule has 0 aliphatic carbocycles. The Labute approximate surface area is 124 Å². The van der Waals surface area contributed by atoms with E-state index in [0.717, 1.165) is 5.01 Å². The lowest BCUT2D eigenvalue weighted by atomic mass is 10.1. The van der Waals surface area contributed by atoms with Crippen LogP contribution in [0, 0.1) is 10.1 Å². The van der Waals surface area contributed by atoms with Gasteiger partial charge in [-0.15, -0.1) is 0 Å². The van der Waals surface area contributed by atoms with Crippen LogP contribution < -0.4 is 0 Å². The molecule has 0 N–H and O–H groups in total. The van der Waals surface area contributed by atoms with Crippen molar-refractivity contribution in [3.63, 3.8) is 0 Å². The summed E-state index contributed by atoms with van der Waals surface area (Å²) in [4.78, 5) is 34.4. The summed E-state index contributed by atoms with van der Waals surface area (Å²) in [6.07, 6.45) is 1.24. The molecule has 2 amide bonds. The van der Waals surface area contributed by atoms with Gasteiger partial charge in [-0.3, -0.25) is 19.7 Å². The normalized spacial score (nSPS) is 13.7. The fourth-order valence-electron chi connectivity index (χ4n) is 2.12. The van der Waals surface area contributed by atoms with E-state index in [1.165, 1.54) is 24.4 Å². The van der Waals surface area contributed by atoms with Crippen molar-refractivity contribution in [1.29, 1.82) is 0 Å². The lowest BCUT2D eigenvalue weighted by Crippen LogP contribution is -2.23. The van der Waals surface area contributed by atoms with Gasteiger partial charge in [0.2, 0.25) is 0 Å². The summed E-state index contributed by atoms with van der Waals surface area (Å²) in [6, 6.07) is 12.2. The van der Waals surface area contributed by atoms with E-state index in [1.54, 1.807) is 30.3 Å². The second-order valence-electron chi connectivity index (χ2n) is 4.56. The van der Waals surface area contributed by atoms with Gasteiger partial charge in [0.15, 0.2) is 0 Å². The quantitative estimate of drug-likeness (QED) is 0.375. The van der Waals surface area contributed by atoms with Crippen molar-refractivity contribution in [3.8, 4) is 0 Å². The van der Waals surface area contributed by atoms with Gasteiger partial charge in [-0.25, -0.2) is 0 Å². The lowest BCUT2D eigenvalue weighted by molar-refractivity contribution is -0.384. The number of nitro groups is 1. The van der Waals surface area contributed by atoms with Crippen molar-refractivity contribution in [2.24, 2.45) is 5.10 Å². The van der Waals surface area contributed by atoms with Crippen LogP contribution in [0.15, 0.2) is 53.6 Å². The molecular formula is C15H9N3O4. The molecule has 0 bridgehead atoms.